The van der Waals surface area contributed by atoms with Crippen LogP contribution in [0.25, 0.3) is 21.9 Å². The van der Waals surface area contributed by atoms with E-state index in [9.17, 15) is 4.79 Å². The lowest BCUT2D eigenvalue weighted by molar-refractivity contribution is 0.0494. The smallest absolute Gasteiger partial charge is 0.376 e. The van der Waals surface area contributed by atoms with Crippen molar-refractivity contribution in [2.75, 3.05) is 17.7 Å². The van der Waals surface area contributed by atoms with Crippen LogP contribution in [0.4, 0.5) is 17.2 Å². The van der Waals surface area contributed by atoms with Gasteiger partial charge in [0.1, 0.15) is 5.69 Å². The Morgan fingerprint density at radius 3 is 3.00 bits per heavy atom. The van der Waals surface area contributed by atoms with Crippen molar-refractivity contribution < 1.29 is 18.5 Å². The van der Waals surface area contributed by atoms with Crippen molar-refractivity contribution in [3.8, 4) is 0 Å². The summed E-state index contributed by atoms with van der Waals surface area (Å²) in [5.74, 6) is -0.137. The van der Waals surface area contributed by atoms with Crippen molar-refractivity contribution in [1.29, 1.82) is 0 Å². The number of hydrogen-bond donors (Lipinski definition) is 2. The maximum atomic E-state index is 12.2. The van der Waals surface area contributed by atoms with Crippen LogP contribution in [0.1, 0.15) is 17.5 Å². The van der Waals surface area contributed by atoms with Crippen molar-refractivity contribution in [1.82, 2.24) is 10.1 Å². The van der Waals surface area contributed by atoms with Gasteiger partial charge >= 0.3 is 5.97 Å². The quantitative estimate of drug-likeness (QED) is 0.543. The molecule has 0 saturated carbocycles. The molecule has 0 aliphatic rings. The van der Waals surface area contributed by atoms with Crippen LogP contribution in [-0.2, 0) is 4.74 Å². The Bertz CT molecular complexity index is 1080. The third-order valence-corrected chi connectivity index (χ3v) is 3.72. The van der Waals surface area contributed by atoms with Gasteiger partial charge in [0, 0.05) is 23.3 Å². The van der Waals surface area contributed by atoms with Crippen LogP contribution < -0.4 is 11.1 Å². The molecule has 126 valence electrons. The number of ether oxygens (including phenoxy) is 1. The number of pyridine rings is 1. The largest absolute Gasteiger partial charge is 0.460 e. The number of carbonyl (C=O) groups is 1. The number of anilines is 3. The Morgan fingerprint density at radius 1 is 1.28 bits per heavy atom. The van der Waals surface area contributed by atoms with E-state index in [1.807, 2.05) is 6.07 Å². The molecule has 0 saturated heterocycles. The Labute approximate surface area is 141 Å². The predicted octanol–water partition coefficient (Wildman–Crippen LogP) is 3.47. The normalized spacial score (nSPS) is 11.1. The topological polar surface area (TPSA) is 116 Å². The molecule has 4 aromatic rings. The Balaban J connectivity index is 1.80. The second kappa shape index (κ2) is 5.82. The van der Waals surface area contributed by atoms with Crippen LogP contribution in [0.3, 0.4) is 0 Å². The Kier molecular flexibility index (Phi) is 3.50. The number of nitrogen functional groups attached to an aromatic ring is 1. The number of benzene rings is 1. The highest BCUT2D eigenvalue weighted by molar-refractivity contribution is 6.05. The first kappa shape index (κ1) is 15.0. The summed E-state index contributed by atoms with van der Waals surface area (Å²) in [6.07, 6.45) is 3.17. The standard InChI is InChI=1S/C17H14N4O4/c1-2-23-17(22)15-14(10-5-6-19-8-13(10)24-15)20-9-3-4-11-12(7-9)25-21-16(11)18/h3-8,20H,2H2,1H3,(H2,18,21). The summed E-state index contributed by atoms with van der Waals surface area (Å²) in [6.45, 7) is 1.98. The van der Waals surface area contributed by atoms with E-state index in [0.717, 1.165) is 10.8 Å². The van der Waals surface area contributed by atoms with Crippen LogP contribution in [0.5, 0.6) is 0 Å². The number of hydrogen-bond acceptors (Lipinski definition) is 8. The number of furan rings is 1. The van der Waals surface area contributed by atoms with Crippen molar-refractivity contribution >= 4 is 45.1 Å². The van der Waals surface area contributed by atoms with Gasteiger partial charge in [-0.2, -0.15) is 0 Å². The summed E-state index contributed by atoms with van der Waals surface area (Å²) in [6, 6.07) is 7.10. The van der Waals surface area contributed by atoms with Gasteiger partial charge in [-0.1, -0.05) is 5.16 Å². The van der Waals surface area contributed by atoms with E-state index >= 15 is 0 Å². The fourth-order valence-corrected chi connectivity index (χ4v) is 2.59. The number of nitrogens with one attached hydrogen (secondary N) is 1. The van der Waals surface area contributed by atoms with Crippen molar-refractivity contribution in [2.45, 2.75) is 6.92 Å². The average Bonchev–Trinajstić information content (AvgIpc) is 3.17. The van der Waals surface area contributed by atoms with Gasteiger partial charge in [-0.3, -0.25) is 4.98 Å². The number of esters is 1. The molecule has 4 rings (SSSR count). The first-order valence-corrected chi connectivity index (χ1v) is 7.63. The second-order valence-corrected chi connectivity index (χ2v) is 5.30. The lowest BCUT2D eigenvalue weighted by Crippen LogP contribution is -2.06. The van der Waals surface area contributed by atoms with Gasteiger partial charge in [0.15, 0.2) is 17.0 Å². The highest BCUT2D eigenvalue weighted by Gasteiger charge is 2.22. The molecule has 0 atom stereocenters. The molecule has 1 aromatic carbocycles. The zero-order valence-corrected chi connectivity index (χ0v) is 13.3. The molecule has 3 N–H and O–H groups in total. The molecule has 0 radical (unpaired) electrons. The fourth-order valence-electron chi connectivity index (χ4n) is 2.59. The molecule has 0 spiro atoms. The van der Waals surface area contributed by atoms with E-state index in [-0.39, 0.29) is 12.4 Å². The molecule has 0 unspecified atom stereocenters. The Hall–Kier alpha value is -3.55. The molecule has 8 nitrogen and oxygen atoms in total. The number of rotatable bonds is 4. The number of nitrogens with two attached hydrogens (primary N) is 1. The average molecular weight is 338 g/mol. The molecule has 25 heavy (non-hydrogen) atoms. The van der Waals surface area contributed by atoms with Gasteiger partial charge < -0.3 is 24.7 Å². The van der Waals surface area contributed by atoms with E-state index in [4.69, 9.17) is 19.4 Å². The van der Waals surface area contributed by atoms with E-state index in [2.05, 4.69) is 15.5 Å². The third kappa shape index (κ3) is 2.53. The molecule has 0 fully saturated rings. The fraction of sp³-hybridized carbons (Fsp3) is 0.118. The molecule has 3 heterocycles. The number of aromatic nitrogens is 2. The van der Waals surface area contributed by atoms with E-state index in [1.54, 1.807) is 37.5 Å². The van der Waals surface area contributed by atoms with E-state index < -0.39 is 5.97 Å². The molecular formula is C17H14N4O4. The van der Waals surface area contributed by atoms with Gasteiger partial charge in [-0.05, 0) is 25.1 Å². The monoisotopic (exact) mass is 338 g/mol. The maximum absolute atomic E-state index is 12.2. The zero-order chi connectivity index (χ0) is 17.4. The minimum Gasteiger partial charge on any atom is -0.460 e. The van der Waals surface area contributed by atoms with E-state index in [0.29, 0.717) is 28.4 Å². The summed E-state index contributed by atoms with van der Waals surface area (Å²) >= 11 is 0. The van der Waals surface area contributed by atoms with Crippen LogP contribution in [0.15, 0.2) is 45.6 Å². The number of carbonyl (C=O) groups excluding carboxylic acids is 1. The summed E-state index contributed by atoms with van der Waals surface area (Å²) in [5.41, 5.74) is 7.94. The van der Waals surface area contributed by atoms with E-state index in [1.165, 1.54) is 0 Å². The molecule has 0 amide bonds. The van der Waals surface area contributed by atoms with Gasteiger partial charge in [0.05, 0.1) is 18.2 Å². The molecule has 3 aromatic heterocycles. The van der Waals surface area contributed by atoms with Gasteiger partial charge in [0.25, 0.3) is 0 Å². The van der Waals surface area contributed by atoms with Gasteiger partial charge in [-0.25, -0.2) is 4.79 Å². The molecule has 0 aliphatic heterocycles. The second-order valence-electron chi connectivity index (χ2n) is 5.30. The minimum absolute atomic E-state index is 0.0852. The van der Waals surface area contributed by atoms with Gasteiger partial charge in [0.2, 0.25) is 5.76 Å². The SMILES string of the molecule is CCOC(=O)c1oc2cnccc2c1Nc1ccc2c(N)noc2c1. The summed E-state index contributed by atoms with van der Waals surface area (Å²) in [4.78, 5) is 16.2. The Morgan fingerprint density at radius 2 is 2.16 bits per heavy atom. The lowest BCUT2D eigenvalue weighted by Gasteiger charge is -2.07. The highest BCUT2D eigenvalue weighted by Crippen LogP contribution is 2.34. The first-order chi connectivity index (χ1) is 12.2. The zero-order valence-electron chi connectivity index (χ0n) is 13.3. The molecule has 0 bridgehead atoms. The van der Waals surface area contributed by atoms with Crippen molar-refractivity contribution in [2.24, 2.45) is 0 Å². The van der Waals surface area contributed by atoms with Crippen LogP contribution in [0, 0.1) is 0 Å². The summed E-state index contributed by atoms with van der Waals surface area (Å²) < 4.78 is 15.9. The van der Waals surface area contributed by atoms with Crippen LogP contribution in [0.2, 0.25) is 0 Å². The van der Waals surface area contributed by atoms with Crippen LogP contribution >= 0.6 is 0 Å². The summed E-state index contributed by atoms with van der Waals surface area (Å²) in [5, 5.41) is 8.35. The lowest BCUT2D eigenvalue weighted by atomic mass is 10.2. The molecule has 8 heteroatoms. The highest BCUT2D eigenvalue weighted by atomic mass is 16.5. The summed E-state index contributed by atoms with van der Waals surface area (Å²) in [7, 11) is 0. The minimum atomic E-state index is -0.550. The van der Waals surface area contributed by atoms with Gasteiger partial charge in [-0.15, -0.1) is 0 Å². The maximum Gasteiger partial charge on any atom is 0.376 e. The number of fused-ring (bicyclic) bond motifs is 2. The van der Waals surface area contributed by atoms with Crippen LogP contribution in [-0.4, -0.2) is 22.7 Å². The number of nitrogens with zero attached hydrogens (tertiary/aromatic N) is 2. The van der Waals surface area contributed by atoms with Crippen molar-refractivity contribution in [3.63, 3.8) is 0 Å². The third-order valence-electron chi connectivity index (χ3n) is 3.72. The van der Waals surface area contributed by atoms with Crippen molar-refractivity contribution in [3.05, 3.63) is 42.4 Å². The predicted molar refractivity (Wildman–Crippen MR) is 91.7 cm³/mol. The molecular weight excluding hydrogens is 324 g/mol. The molecule has 0 aliphatic carbocycles. The first-order valence-electron chi connectivity index (χ1n) is 7.63.